The second kappa shape index (κ2) is 13.6. The first-order valence-corrected chi connectivity index (χ1v) is 14.8. The van der Waals surface area contributed by atoms with E-state index in [1.54, 1.807) is 0 Å². The summed E-state index contributed by atoms with van der Waals surface area (Å²) in [5.41, 5.74) is 17.8. The number of nitrogens with one attached hydrogen (secondary N) is 2. The Balaban J connectivity index is 1.57. The molecule has 1 aliphatic carbocycles. The van der Waals surface area contributed by atoms with Crippen LogP contribution in [0.5, 0.6) is 0 Å². The molecule has 2 aromatic carbocycles. The fourth-order valence-electron chi connectivity index (χ4n) is 5.74. The van der Waals surface area contributed by atoms with Crippen molar-refractivity contribution in [1.82, 2.24) is 9.88 Å². The number of nitrogens with zero attached hydrogens (tertiary/aromatic N) is 1. The van der Waals surface area contributed by atoms with Crippen LogP contribution >= 0.6 is 12.2 Å². The normalized spacial score (nSPS) is 15.6. The molecule has 1 fully saturated rings. The summed E-state index contributed by atoms with van der Waals surface area (Å²) in [4.78, 5) is 0.347. The molecule has 8 heteroatoms. The Bertz CT molecular complexity index is 1250. The molecular formula is C31H43F2N5S. The van der Waals surface area contributed by atoms with Crippen molar-refractivity contribution in [1.29, 1.82) is 0 Å². The largest absolute Gasteiger partial charge is 0.397 e. The Morgan fingerprint density at radius 3 is 2.33 bits per heavy atom. The first kappa shape index (κ1) is 29.3. The SMILES string of the molecule is CNCCCCCCCCCNc1c(N)ccc2c(-c3cccc(C(N)=S)c3)cn(C3CCC(F)(F)CC3)c12. The number of hydrogen-bond acceptors (Lipinski definition) is 4. The lowest BCUT2D eigenvalue weighted by Crippen LogP contribution is -2.26. The van der Waals surface area contributed by atoms with Crippen molar-refractivity contribution in [2.45, 2.75) is 82.6 Å². The molecule has 0 atom stereocenters. The average molecular weight is 556 g/mol. The molecule has 0 bridgehead atoms. The summed E-state index contributed by atoms with van der Waals surface area (Å²) >= 11 is 5.22. The second-order valence-corrected chi connectivity index (χ2v) is 11.4. The zero-order valence-corrected chi connectivity index (χ0v) is 23.9. The lowest BCUT2D eigenvalue weighted by Gasteiger charge is -2.30. The summed E-state index contributed by atoms with van der Waals surface area (Å²) in [7, 11) is 2.00. The van der Waals surface area contributed by atoms with Gasteiger partial charge in [-0.25, -0.2) is 8.78 Å². The molecule has 6 N–H and O–H groups in total. The van der Waals surface area contributed by atoms with Crippen molar-refractivity contribution in [3.63, 3.8) is 0 Å². The van der Waals surface area contributed by atoms with Gasteiger partial charge in [0, 0.05) is 48.1 Å². The molecule has 1 aliphatic rings. The lowest BCUT2D eigenvalue weighted by atomic mass is 9.92. The van der Waals surface area contributed by atoms with Crippen LogP contribution < -0.4 is 22.1 Å². The highest BCUT2D eigenvalue weighted by atomic mass is 32.1. The Morgan fingerprint density at radius 2 is 1.67 bits per heavy atom. The molecule has 4 rings (SSSR count). The number of nitrogen functional groups attached to an aromatic ring is 1. The number of hydrogen-bond donors (Lipinski definition) is 4. The minimum Gasteiger partial charge on any atom is -0.397 e. The van der Waals surface area contributed by atoms with E-state index in [0.717, 1.165) is 52.8 Å². The van der Waals surface area contributed by atoms with E-state index < -0.39 is 5.92 Å². The third kappa shape index (κ3) is 7.48. The number of halogens is 2. The van der Waals surface area contributed by atoms with Gasteiger partial charge in [-0.3, -0.25) is 0 Å². The van der Waals surface area contributed by atoms with E-state index in [9.17, 15) is 8.78 Å². The van der Waals surface area contributed by atoms with Gasteiger partial charge in [0.15, 0.2) is 0 Å². The molecule has 39 heavy (non-hydrogen) atoms. The number of fused-ring (bicyclic) bond motifs is 1. The van der Waals surface area contributed by atoms with Crippen LogP contribution in [-0.2, 0) is 0 Å². The van der Waals surface area contributed by atoms with Gasteiger partial charge in [-0.05, 0) is 57.0 Å². The van der Waals surface area contributed by atoms with Crippen LogP contribution in [0.2, 0.25) is 0 Å². The fourth-order valence-corrected chi connectivity index (χ4v) is 5.86. The highest BCUT2D eigenvalue weighted by molar-refractivity contribution is 7.80. The minimum absolute atomic E-state index is 0.00935. The van der Waals surface area contributed by atoms with Gasteiger partial charge >= 0.3 is 0 Å². The Hall–Kier alpha value is -2.71. The fraction of sp³-hybridized carbons (Fsp3) is 0.516. The molecule has 0 saturated heterocycles. The monoisotopic (exact) mass is 555 g/mol. The Morgan fingerprint density at radius 1 is 1.00 bits per heavy atom. The zero-order valence-electron chi connectivity index (χ0n) is 23.1. The molecule has 0 unspecified atom stereocenters. The third-order valence-electron chi connectivity index (χ3n) is 7.97. The van der Waals surface area contributed by atoms with Crippen molar-refractivity contribution in [3.05, 3.63) is 48.2 Å². The predicted molar refractivity (Wildman–Crippen MR) is 165 cm³/mol. The number of benzene rings is 2. The van der Waals surface area contributed by atoms with E-state index in [-0.39, 0.29) is 18.9 Å². The van der Waals surface area contributed by atoms with Crippen LogP contribution in [0.25, 0.3) is 22.0 Å². The highest BCUT2D eigenvalue weighted by Gasteiger charge is 2.36. The number of anilines is 2. The van der Waals surface area contributed by atoms with Crippen molar-refractivity contribution in [2.24, 2.45) is 5.73 Å². The van der Waals surface area contributed by atoms with Crippen molar-refractivity contribution >= 4 is 39.5 Å². The van der Waals surface area contributed by atoms with E-state index >= 15 is 0 Å². The van der Waals surface area contributed by atoms with Crippen molar-refractivity contribution in [3.8, 4) is 11.1 Å². The van der Waals surface area contributed by atoms with Crippen LogP contribution in [0.4, 0.5) is 20.2 Å². The van der Waals surface area contributed by atoms with Gasteiger partial charge < -0.3 is 26.7 Å². The molecule has 0 aliphatic heterocycles. The summed E-state index contributed by atoms with van der Waals surface area (Å²) < 4.78 is 30.3. The summed E-state index contributed by atoms with van der Waals surface area (Å²) in [6.45, 7) is 1.92. The first-order chi connectivity index (χ1) is 18.8. The molecule has 1 heterocycles. The molecular weight excluding hydrogens is 512 g/mol. The van der Waals surface area contributed by atoms with Gasteiger partial charge in [0.2, 0.25) is 5.92 Å². The molecule has 1 aromatic heterocycles. The highest BCUT2D eigenvalue weighted by Crippen LogP contribution is 2.44. The number of alkyl halides is 2. The molecule has 0 amide bonds. The number of aromatic nitrogens is 1. The lowest BCUT2D eigenvalue weighted by molar-refractivity contribution is -0.0435. The van der Waals surface area contributed by atoms with E-state index in [4.69, 9.17) is 23.7 Å². The standard InChI is InChI=1S/C31H43F2N5S/c1-36-18-7-5-3-2-4-6-8-19-37-28-27(34)13-12-25-26(22-10-9-11-23(20-22)30(35)39)21-38(29(25)28)24-14-16-31(32,33)17-15-24/h9-13,20-21,24,36-37H,2-8,14-19,34H2,1H3,(H2,35,39). The molecule has 5 nitrogen and oxygen atoms in total. The smallest absolute Gasteiger partial charge is 0.248 e. The minimum atomic E-state index is -2.58. The van der Waals surface area contributed by atoms with Crippen LogP contribution in [0, 0.1) is 0 Å². The van der Waals surface area contributed by atoms with Gasteiger partial charge in [0.25, 0.3) is 0 Å². The average Bonchev–Trinajstić information content (AvgIpc) is 3.30. The number of unbranched alkanes of at least 4 members (excludes halogenated alkanes) is 6. The molecule has 1 saturated carbocycles. The summed E-state index contributed by atoms with van der Waals surface area (Å²) in [6.07, 6.45) is 11.3. The molecule has 3 aromatic rings. The quantitative estimate of drug-likeness (QED) is 0.0934. The van der Waals surface area contributed by atoms with E-state index in [1.165, 1.54) is 38.5 Å². The van der Waals surface area contributed by atoms with Gasteiger partial charge in [-0.1, -0.05) is 68.6 Å². The maximum atomic E-state index is 14.0. The Labute approximate surface area is 236 Å². The summed E-state index contributed by atoms with van der Waals surface area (Å²) in [6, 6.07) is 11.9. The predicted octanol–water partition coefficient (Wildman–Crippen LogP) is 7.64. The second-order valence-electron chi connectivity index (χ2n) is 10.9. The maximum Gasteiger partial charge on any atom is 0.248 e. The van der Waals surface area contributed by atoms with Gasteiger partial charge in [-0.2, -0.15) is 0 Å². The first-order valence-electron chi connectivity index (χ1n) is 14.4. The van der Waals surface area contributed by atoms with E-state index in [2.05, 4.69) is 21.4 Å². The van der Waals surface area contributed by atoms with E-state index in [0.29, 0.717) is 23.5 Å². The van der Waals surface area contributed by atoms with Gasteiger partial charge in [0.05, 0.1) is 16.9 Å². The van der Waals surface area contributed by atoms with Crippen LogP contribution in [0.15, 0.2) is 42.6 Å². The zero-order chi connectivity index (χ0) is 27.8. The molecule has 0 spiro atoms. The summed E-state index contributed by atoms with van der Waals surface area (Å²) in [5.74, 6) is -2.58. The topological polar surface area (TPSA) is 81.0 Å². The number of nitrogens with two attached hydrogens (primary N) is 2. The van der Waals surface area contributed by atoms with E-state index in [1.807, 2.05) is 43.4 Å². The summed E-state index contributed by atoms with van der Waals surface area (Å²) in [5, 5.41) is 7.87. The Kier molecular flexibility index (Phi) is 10.2. The number of thiocarbonyl (C=S) groups is 1. The maximum absolute atomic E-state index is 14.0. The van der Waals surface area contributed by atoms with Crippen molar-refractivity contribution < 1.29 is 8.78 Å². The third-order valence-corrected chi connectivity index (χ3v) is 8.21. The van der Waals surface area contributed by atoms with Gasteiger partial charge in [-0.15, -0.1) is 0 Å². The van der Waals surface area contributed by atoms with Crippen LogP contribution in [-0.4, -0.2) is 35.6 Å². The number of rotatable bonds is 14. The van der Waals surface area contributed by atoms with Crippen LogP contribution in [0.1, 0.15) is 82.2 Å². The molecule has 0 radical (unpaired) electrons. The molecule has 212 valence electrons. The van der Waals surface area contributed by atoms with Crippen LogP contribution in [0.3, 0.4) is 0 Å². The van der Waals surface area contributed by atoms with Crippen molar-refractivity contribution in [2.75, 3.05) is 31.2 Å². The van der Waals surface area contributed by atoms with Gasteiger partial charge in [0.1, 0.15) is 4.99 Å².